The van der Waals surface area contributed by atoms with Gasteiger partial charge in [0.1, 0.15) is 12.9 Å². The van der Waals surface area contributed by atoms with Gasteiger partial charge in [0.15, 0.2) is 6.61 Å². The zero-order chi connectivity index (χ0) is 12.7. The van der Waals surface area contributed by atoms with Crippen molar-refractivity contribution in [1.29, 1.82) is 0 Å². The van der Waals surface area contributed by atoms with Crippen molar-refractivity contribution in [2.24, 2.45) is 0 Å². The number of nitrogen functional groups attached to an aromatic ring is 1. The Morgan fingerprint density at radius 2 is 2.35 bits per heavy atom. The van der Waals surface area contributed by atoms with Crippen LogP contribution >= 0.6 is 0 Å². The van der Waals surface area contributed by atoms with E-state index in [0.717, 1.165) is 6.42 Å². The average molecular weight is 241 g/mol. The second-order valence-electron chi connectivity index (χ2n) is 3.31. The first-order valence-electron chi connectivity index (χ1n) is 5.19. The van der Waals surface area contributed by atoms with E-state index in [4.69, 9.17) is 10.5 Å². The number of esters is 1. The fourth-order valence-corrected chi connectivity index (χ4v) is 1.02. The molecule has 0 aliphatic heterocycles. The topological polar surface area (TPSA) is 112 Å². The van der Waals surface area contributed by atoms with Crippen molar-refractivity contribution in [3.05, 3.63) is 6.33 Å². The molecule has 94 valence electrons. The third-order valence-corrected chi connectivity index (χ3v) is 1.78. The van der Waals surface area contributed by atoms with Crippen LogP contribution in [0.4, 0.5) is 5.95 Å². The highest BCUT2D eigenvalue weighted by atomic mass is 16.5. The van der Waals surface area contributed by atoms with Crippen molar-refractivity contribution >= 4 is 17.8 Å². The van der Waals surface area contributed by atoms with Gasteiger partial charge in [0.25, 0.3) is 5.91 Å². The molecule has 0 atom stereocenters. The number of nitrogens with zero attached hydrogens (tertiary/aromatic N) is 3. The number of rotatable bonds is 6. The van der Waals surface area contributed by atoms with Crippen LogP contribution in [0.5, 0.6) is 0 Å². The van der Waals surface area contributed by atoms with Crippen molar-refractivity contribution in [2.75, 3.05) is 18.9 Å². The first-order valence-corrected chi connectivity index (χ1v) is 5.19. The van der Waals surface area contributed by atoms with E-state index in [-0.39, 0.29) is 25.0 Å². The molecule has 0 aliphatic carbocycles. The first-order chi connectivity index (χ1) is 8.11. The molecule has 3 N–H and O–H groups in total. The van der Waals surface area contributed by atoms with Crippen molar-refractivity contribution in [2.45, 2.75) is 19.9 Å². The second-order valence-corrected chi connectivity index (χ2v) is 3.31. The lowest BCUT2D eigenvalue weighted by Crippen LogP contribution is -2.30. The summed E-state index contributed by atoms with van der Waals surface area (Å²) in [6.45, 7) is 2.09. The summed E-state index contributed by atoms with van der Waals surface area (Å²) in [5, 5.41) is 6.29. The van der Waals surface area contributed by atoms with Crippen LogP contribution in [0.1, 0.15) is 13.3 Å². The summed E-state index contributed by atoms with van der Waals surface area (Å²) in [5.74, 6) is -0.807. The number of carbonyl (C=O) groups excluding carboxylic acids is 2. The van der Waals surface area contributed by atoms with E-state index in [0.29, 0.717) is 6.54 Å². The molecule has 1 aromatic rings. The monoisotopic (exact) mass is 241 g/mol. The first kappa shape index (κ1) is 12.9. The Morgan fingerprint density at radius 3 is 2.94 bits per heavy atom. The fraction of sp³-hybridized carbons (Fsp3) is 0.556. The molecule has 0 aromatic carbocycles. The largest absolute Gasteiger partial charge is 0.454 e. The molecule has 1 heterocycles. The number of amides is 1. The van der Waals surface area contributed by atoms with Crippen molar-refractivity contribution < 1.29 is 14.3 Å². The summed E-state index contributed by atoms with van der Waals surface area (Å²) in [4.78, 5) is 26.0. The van der Waals surface area contributed by atoms with Gasteiger partial charge < -0.3 is 15.8 Å². The Balaban J connectivity index is 2.23. The molecule has 8 nitrogen and oxygen atoms in total. The molecule has 1 aromatic heterocycles. The molecule has 0 spiro atoms. The predicted octanol–water partition coefficient (Wildman–Crippen LogP) is -1.07. The molecule has 0 radical (unpaired) electrons. The Kier molecular flexibility index (Phi) is 4.92. The summed E-state index contributed by atoms with van der Waals surface area (Å²) in [5.41, 5.74) is 5.27. The quantitative estimate of drug-likeness (QED) is 0.613. The van der Waals surface area contributed by atoms with Crippen LogP contribution in [0.15, 0.2) is 6.33 Å². The minimum atomic E-state index is -0.568. The summed E-state index contributed by atoms with van der Waals surface area (Å²) in [6, 6.07) is 0. The van der Waals surface area contributed by atoms with E-state index >= 15 is 0 Å². The second kappa shape index (κ2) is 6.46. The molecule has 0 aliphatic rings. The highest BCUT2D eigenvalue weighted by Crippen LogP contribution is 1.91. The third kappa shape index (κ3) is 4.96. The standard InChI is InChI=1S/C9H15N5O3/c1-2-3-11-7(15)5-17-8(16)4-14-6-12-9(10)13-14/h6H,2-5H2,1H3,(H2,10,13)(H,11,15). The molecule has 0 bridgehead atoms. The van der Waals surface area contributed by atoms with E-state index in [2.05, 4.69) is 15.4 Å². The highest BCUT2D eigenvalue weighted by Gasteiger charge is 2.08. The minimum absolute atomic E-state index is 0.0819. The minimum Gasteiger partial charge on any atom is -0.454 e. The van der Waals surface area contributed by atoms with Crippen molar-refractivity contribution in [1.82, 2.24) is 20.1 Å². The summed E-state index contributed by atoms with van der Waals surface area (Å²) >= 11 is 0. The molecule has 8 heteroatoms. The predicted molar refractivity (Wildman–Crippen MR) is 58.7 cm³/mol. The van der Waals surface area contributed by atoms with E-state index in [1.54, 1.807) is 0 Å². The van der Waals surface area contributed by atoms with Gasteiger partial charge in [-0.1, -0.05) is 6.92 Å². The number of hydrogen-bond acceptors (Lipinski definition) is 6. The lowest BCUT2D eigenvalue weighted by Gasteiger charge is -2.05. The number of ether oxygens (including phenoxy) is 1. The number of aromatic nitrogens is 3. The molecule has 0 unspecified atom stereocenters. The molecule has 0 saturated heterocycles. The van der Waals surface area contributed by atoms with Gasteiger partial charge in [-0.05, 0) is 6.42 Å². The molecule has 1 amide bonds. The van der Waals surface area contributed by atoms with E-state index in [1.165, 1.54) is 11.0 Å². The lowest BCUT2D eigenvalue weighted by molar-refractivity contribution is -0.149. The molecule has 1 rings (SSSR count). The van der Waals surface area contributed by atoms with Crippen LogP contribution in [0.2, 0.25) is 0 Å². The van der Waals surface area contributed by atoms with Gasteiger partial charge in [-0.3, -0.25) is 9.59 Å². The van der Waals surface area contributed by atoms with Gasteiger partial charge >= 0.3 is 5.97 Å². The summed E-state index contributed by atoms with van der Waals surface area (Å²) < 4.78 is 5.97. The normalized spacial score (nSPS) is 9.94. The van der Waals surface area contributed by atoms with Crippen LogP contribution in [-0.2, 0) is 20.9 Å². The van der Waals surface area contributed by atoms with Gasteiger partial charge in [0.2, 0.25) is 5.95 Å². The molecular formula is C9H15N5O3. The Hall–Kier alpha value is -2.12. The smallest absolute Gasteiger partial charge is 0.328 e. The number of hydrogen-bond donors (Lipinski definition) is 2. The molecule has 0 saturated carbocycles. The van der Waals surface area contributed by atoms with Gasteiger partial charge in [-0.2, -0.15) is 0 Å². The maximum atomic E-state index is 11.3. The van der Waals surface area contributed by atoms with Gasteiger partial charge in [0, 0.05) is 6.54 Å². The maximum Gasteiger partial charge on any atom is 0.328 e. The van der Waals surface area contributed by atoms with Crippen LogP contribution in [-0.4, -0.2) is 39.8 Å². The summed E-state index contributed by atoms with van der Waals surface area (Å²) in [6.07, 6.45) is 2.14. The van der Waals surface area contributed by atoms with Gasteiger partial charge in [-0.15, -0.1) is 5.10 Å². The van der Waals surface area contributed by atoms with Crippen LogP contribution < -0.4 is 11.1 Å². The Labute approximate surface area is 98.1 Å². The zero-order valence-corrected chi connectivity index (χ0v) is 9.55. The number of anilines is 1. The highest BCUT2D eigenvalue weighted by molar-refractivity contribution is 5.80. The summed E-state index contributed by atoms with van der Waals surface area (Å²) in [7, 11) is 0. The SMILES string of the molecule is CCCNC(=O)COC(=O)Cn1cnc(N)n1. The third-order valence-electron chi connectivity index (χ3n) is 1.78. The number of nitrogens with one attached hydrogen (secondary N) is 1. The van der Waals surface area contributed by atoms with Crippen LogP contribution in [0.25, 0.3) is 0 Å². The van der Waals surface area contributed by atoms with Crippen molar-refractivity contribution in [3.8, 4) is 0 Å². The number of carbonyl (C=O) groups is 2. The van der Waals surface area contributed by atoms with Crippen LogP contribution in [0, 0.1) is 0 Å². The van der Waals surface area contributed by atoms with E-state index < -0.39 is 5.97 Å². The zero-order valence-electron chi connectivity index (χ0n) is 9.55. The maximum absolute atomic E-state index is 11.3. The van der Waals surface area contributed by atoms with Gasteiger partial charge in [0.05, 0.1) is 0 Å². The van der Waals surface area contributed by atoms with Crippen molar-refractivity contribution in [3.63, 3.8) is 0 Å². The molecular weight excluding hydrogens is 226 g/mol. The molecule has 17 heavy (non-hydrogen) atoms. The average Bonchev–Trinajstić information content (AvgIpc) is 2.69. The molecule has 0 fully saturated rings. The lowest BCUT2D eigenvalue weighted by atomic mass is 10.5. The Morgan fingerprint density at radius 1 is 1.59 bits per heavy atom. The number of nitrogens with two attached hydrogens (primary N) is 1. The van der Waals surface area contributed by atoms with Crippen LogP contribution in [0.3, 0.4) is 0 Å². The van der Waals surface area contributed by atoms with Gasteiger partial charge in [-0.25, -0.2) is 9.67 Å². The Bertz CT molecular complexity index is 390. The van der Waals surface area contributed by atoms with E-state index in [1.807, 2.05) is 6.92 Å². The van der Waals surface area contributed by atoms with E-state index in [9.17, 15) is 9.59 Å². The fourth-order valence-electron chi connectivity index (χ4n) is 1.02.